The lowest BCUT2D eigenvalue weighted by atomic mass is 10.0. The molecule has 1 aliphatic heterocycles. The molecule has 3 aromatic rings. The third kappa shape index (κ3) is 4.15. The maximum atomic E-state index is 12.1. The van der Waals surface area contributed by atoms with Crippen LogP contribution >= 0.6 is 11.3 Å². The number of hydrogen-bond acceptors (Lipinski definition) is 6. The number of nitrogens with zero attached hydrogens (tertiary/aromatic N) is 2. The number of benzene rings is 1. The number of carbonyl (C=O) groups is 1. The minimum absolute atomic E-state index is 0.0260. The number of thiophene rings is 1. The van der Waals surface area contributed by atoms with E-state index in [2.05, 4.69) is 39.7 Å². The highest BCUT2D eigenvalue weighted by atomic mass is 32.1. The monoisotopic (exact) mass is 396 g/mol. The van der Waals surface area contributed by atoms with Gasteiger partial charge in [0.05, 0.1) is 11.5 Å². The van der Waals surface area contributed by atoms with Crippen LogP contribution in [0.3, 0.4) is 0 Å². The number of carbonyl (C=O) groups excluding carboxylic acids is 1. The Labute approximate surface area is 168 Å². The van der Waals surface area contributed by atoms with Crippen molar-refractivity contribution < 1.29 is 9.53 Å². The van der Waals surface area contributed by atoms with Crippen LogP contribution in [0, 0.1) is 6.92 Å². The van der Waals surface area contributed by atoms with Crippen molar-refractivity contribution in [2.45, 2.75) is 32.3 Å². The van der Waals surface area contributed by atoms with Crippen molar-refractivity contribution in [1.29, 1.82) is 0 Å². The summed E-state index contributed by atoms with van der Waals surface area (Å²) in [6.45, 7) is 4.03. The zero-order valence-corrected chi connectivity index (χ0v) is 16.7. The van der Waals surface area contributed by atoms with E-state index in [1.54, 1.807) is 17.7 Å². The molecule has 1 fully saturated rings. The molecule has 1 aliphatic rings. The number of hydrogen-bond donors (Lipinski definition) is 2. The molecule has 1 aromatic carbocycles. The lowest BCUT2D eigenvalue weighted by Gasteiger charge is -2.12. The van der Waals surface area contributed by atoms with Crippen molar-refractivity contribution in [3.8, 4) is 11.1 Å². The third-order valence-corrected chi connectivity index (χ3v) is 5.94. The first-order valence-corrected chi connectivity index (χ1v) is 10.5. The van der Waals surface area contributed by atoms with Crippen LogP contribution in [0.15, 0.2) is 36.7 Å². The molecule has 1 amide bonds. The number of fused-ring (bicyclic) bond motifs is 1. The maximum absolute atomic E-state index is 12.1. The molecule has 3 heterocycles. The third-order valence-electron chi connectivity index (χ3n) is 4.92. The summed E-state index contributed by atoms with van der Waals surface area (Å²) in [4.78, 5) is 23.2. The fraction of sp³-hybridized carbons (Fsp3) is 0.381. The summed E-state index contributed by atoms with van der Waals surface area (Å²) in [5, 5.41) is 7.31. The molecule has 7 heteroatoms. The SMILES string of the molecule is Cc1sc2ncnc(NCCC(=O)NCC3CCCO3)c2c1-c1ccccc1. The van der Waals surface area contributed by atoms with Gasteiger partial charge in [-0.25, -0.2) is 9.97 Å². The van der Waals surface area contributed by atoms with E-state index >= 15 is 0 Å². The van der Waals surface area contributed by atoms with Crippen LogP contribution in [0.1, 0.15) is 24.1 Å². The molecule has 2 N–H and O–H groups in total. The quantitative estimate of drug-likeness (QED) is 0.636. The first-order chi connectivity index (χ1) is 13.7. The molecule has 1 saturated heterocycles. The van der Waals surface area contributed by atoms with Crippen molar-refractivity contribution in [2.24, 2.45) is 0 Å². The smallest absolute Gasteiger partial charge is 0.221 e. The highest BCUT2D eigenvalue weighted by molar-refractivity contribution is 7.19. The van der Waals surface area contributed by atoms with E-state index in [-0.39, 0.29) is 12.0 Å². The maximum Gasteiger partial charge on any atom is 0.221 e. The molecule has 0 radical (unpaired) electrons. The Morgan fingerprint density at radius 3 is 2.93 bits per heavy atom. The molecular formula is C21H24N4O2S. The number of nitrogens with one attached hydrogen (secondary N) is 2. The minimum Gasteiger partial charge on any atom is -0.376 e. The molecule has 146 valence electrons. The van der Waals surface area contributed by atoms with Gasteiger partial charge in [0.15, 0.2) is 0 Å². The Bertz CT molecular complexity index is 952. The molecule has 2 aromatic heterocycles. The van der Waals surface area contributed by atoms with Crippen LogP contribution in [-0.4, -0.2) is 41.7 Å². The molecule has 28 heavy (non-hydrogen) atoms. The van der Waals surface area contributed by atoms with Gasteiger partial charge in [0.1, 0.15) is 17.0 Å². The van der Waals surface area contributed by atoms with Crippen molar-refractivity contribution in [2.75, 3.05) is 25.0 Å². The molecule has 6 nitrogen and oxygen atoms in total. The van der Waals surface area contributed by atoms with Crippen LogP contribution in [0.25, 0.3) is 21.3 Å². The number of aromatic nitrogens is 2. The van der Waals surface area contributed by atoms with E-state index in [4.69, 9.17) is 4.74 Å². The predicted octanol–water partition coefficient (Wildman–Crippen LogP) is 3.76. The van der Waals surface area contributed by atoms with E-state index in [1.807, 2.05) is 18.2 Å². The first-order valence-electron chi connectivity index (χ1n) is 9.64. The Morgan fingerprint density at radius 2 is 2.14 bits per heavy atom. The number of aryl methyl sites for hydroxylation is 1. The van der Waals surface area contributed by atoms with Gasteiger partial charge in [-0.2, -0.15) is 0 Å². The summed E-state index contributed by atoms with van der Waals surface area (Å²) < 4.78 is 5.54. The molecule has 0 bridgehead atoms. The van der Waals surface area contributed by atoms with Crippen LogP contribution in [0.4, 0.5) is 5.82 Å². The van der Waals surface area contributed by atoms with E-state index in [1.165, 1.54) is 4.88 Å². The fourth-order valence-corrected chi connectivity index (χ4v) is 4.56. The normalized spacial score (nSPS) is 16.4. The van der Waals surface area contributed by atoms with Gasteiger partial charge in [-0.1, -0.05) is 30.3 Å². The summed E-state index contributed by atoms with van der Waals surface area (Å²) >= 11 is 1.67. The van der Waals surface area contributed by atoms with Gasteiger partial charge in [0.25, 0.3) is 0 Å². The summed E-state index contributed by atoms with van der Waals surface area (Å²) in [6, 6.07) is 10.3. The average molecular weight is 397 g/mol. The molecule has 0 spiro atoms. The number of rotatable bonds is 7. The van der Waals surface area contributed by atoms with E-state index < -0.39 is 0 Å². The van der Waals surface area contributed by atoms with Crippen LogP contribution in [0.5, 0.6) is 0 Å². The zero-order valence-electron chi connectivity index (χ0n) is 15.9. The molecule has 1 unspecified atom stereocenters. The number of ether oxygens (including phenoxy) is 1. The molecule has 0 aliphatic carbocycles. The number of amides is 1. The topological polar surface area (TPSA) is 76.1 Å². The predicted molar refractivity (Wildman–Crippen MR) is 113 cm³/mol. The Kier molecular flexibility index (Phi) is 5.83. The standard InChI is InChI=1S/C21H24N4O2S/c1-14-18(15-6-3-2-4-7-15)19-20(24-13-25-21(19)28-14)22-10-9-17(26)23-12-16-8-5-11-27-16/h2-4,6-7,13,16H,5,8-12H2,1H3,(H,23,26)(H,22,24,25). The summed E-state index contributed by atoms with van der Waals surface area (Å²) in [6.07, 6.45) is 4.24. The van der Waals surface area contributed by atoms with Gasteiger partial charge in [0, 0.05) is 36.6 Å². The van der Waals surface area contributed by atoms with Crippen LogP contribution in [-0.2, 0) is 9.53 Å². The molecule has 4 rings (SSSR count). The highest BCUT2D eigenvalue weighted by Gasteiger charge is 2.18. The van der Waals surface area contributed by atoms with Gasteiger partial charge in [-0.15, -0.1) is 11.3 Å². The van der Waals surface area contributed by atoms with Crippen molar-refractivity contribution in [3.05, 3.63) is 41.5 Å². The Balaban J connectivity index is 1.44. The van der Waals surface area contributed by atoms with Crippen molar-refractivity contribution in [3.63, 3.8) is 0 Å². The Hall–Kier alpha value is -2.51. The van der Waals surface area contributed by atoms with E-state index in [9.17, 15) is 4.79 Å². The van der Waals surface area contributed by atoms with Crippen molar-refractivity contribution >= 4 is 33.3 Å². The second-order valence-electron chi connectivity index (χ2n) is 6.92. The molecule has 0 saturated carbocycles. The van der Waals surface area contributed by atoms with E-state index in [0.29, 0.717) is 19.5 Å². The van der Waals surface area contributed by atoms with Crippen LogP contribution in [0.2, 0.25) is 0 Å². The second kappa shape index (κ2) is 8.67. The van der Waals surface area contributed by atoms with Gasteiger partial charge < -0.3 is 15.4 Å². The first kappa shape index (κ1) is 18.8. The summed E-state index contributed by atoms with van der Waals surface area (Å²) in [7, 11) is 0. The number of anilines is 1. The largest absolute Gasteiger partial charge is 0.376 e. The van der Waals surface area contributed by atoms with Crippen LogP contribution < -0.4 is 10.6 Å². The average Bonchev–Trinajstić information content (AvgIpc) is 3.34. The lowest BCUT2D eigenvalue weighted by molar-refractivity contribution is -0.121. The molecular weight excluding hydrogens is 372 g/mol. The zero-order chi connectivity index (χ0) is 19.3. The van der Waals surface area contributed by atoms with Crippen molar-refractivity contribution in [1.82, 2.24) is 15.3 Å². The Morgan fingerprint density at radius 1 is 1.29 bits per heavy atom. The molecule has 1 atom stereocenters. The highest BCUT2D eigenvalue weighted by Crippen LogP contribution is 2.40. The van der Waals surface area contributed by atoms with E-state index in [0.717, 1.165) is 46.6 Å². The lowest BCUT2D eigenvalue weighted by Crippen LogP contribution is -2.32. The summed E-state index contributed by atoms with van der Waals surface area (Å²) in [5.41, 5.74) is 2.31. The second-order valence-corrected chi connectivity index (χ2v) is 8.12. The summed E-state index contributed by atoms with van der Waals surface area (Å²) in [5.74, 6) is 0.804. The van der Waals surface area contributed by atoms with Gasteiger partial charge in [0.2, 0.25) is 5.91 Å². The fourth-order valence-electron chi connectivity index (χ4n) is 3.55. The van der Waals surface area contributed by atoms with Gasteiger partial charge in [-0.05, 0) is 25.3 Å². The van der Waals surface area contributed by atoms with Gasteiger partial charge >= 0.3 is 0 Å². The minimum atomic E-state index is 0.0260. The van der Waals surface area contributed by atoms with Gasteiger partial charge in [-0.3, -0.25) is 4.79 Å².